The van der Waals surface area contributed by atoms with Gasteiger partial charge in [0.15, 0.2) is 0 Å². The number of urea groups is 1. The summed E-state index contributed by atoms with van der Waals surface area (Å²) < 4.78 is 0. The lowest BCUT2D eigenvalue weighted by molar-refractivity contribution is -0.125. The second kappa shape index (κ2) is 8.90. The predicted molar refractivity (Wildman–Crippen MR) is 111 cm³/mol. The summed E-state index contributed by atoms with van der Waals surface area (Å²) in [5.41, 5.74) is 3.69. The summed E-state index contributed by atoms with van der Waals surface area (Å²) in [4.78, 5) is 37.3. The van der Waals surface area contributed by atoms with Crippen LogP contribution in [0.15, 0.2) is 48.5 Å². The van der Waals surface area contributed by atoms with Crippen LogP contribution in [-0.4, -0.2) is 29.3 Å². The number of imide groups is 1. The molecule has 0 bridgehead atoms. The summed E-state index contributed by atoms with van der Waals surface area (Å²) in [7, 11) is 0. The molecule has 0 spiro atoms. The molecule has 0 aliphatic carbocycles. The molecule has 0 radical (unpaired) electrons. The Balaban J connectivity index is 1.68. The highest BCUT2D eigenvalue weighted by Gasteiger charge is 2.28. The molecule has 2 N–H and O–H groups in total. The van der Waals surface area contributed by atoms with Crippen molar-refractivity contribution in [2.24, 2.45) is 5.92 Å². The Morgan fingerprint density at radius 3 is 2.17 bits per heavy atom. The summed E-state index contributed by atoms with van der Waals surface area (Å²) in [6.07, 6.45) is 0.982. The van der Waals surface area contributed by atoms with Crippen molar-refractivity contribution >= 4 is 17.8 Å². The Kier molecular flexibility index (Phi) is 6.32. The normalized spacial score (nSPS) is 14.8. The summed E-state index contributed by atoms with van der Waals surface area (Å²) in [6, 6.07) is 14.9. The van der Waals surface area contributed by atoms with Gasteiger partial charge in [-0.1, -0.05) is 57.2 Å². The standard InChI is InChI=1S/C23H27N3O3/c1-4-16-5-9-18(10-6-16)21(15(2)3)25-22(28)19-11-7-17(8-12-19)14-26-20(27)13-24-23(26)29/h5-12,15,21H,4,13-14H2,1-3H3,(H,24,29)(H,25,28). The van der Waals surface area contributed by atoms with Gasteiger partial charge in [-0.25, -0.2) is 4.79 Å². The zero-order valence-electron chi connectivity index (χ0n) is 17.1. The first-order valence-corrected chi connectivity index (χ1v) is 9.96. The van der Waals surface area contributed by atoms with Crippen molar-refractivity contribution in [1.82, 2.24) is 15.5 Å². The average Bonchev–Trinajstić information content (AvgIpc) is 3.04. The van der Waals surface area contributed by atoms with Gasteiger partial charge in [0.05, 0.1) is 19.1 Å². The smallest absolute Gasteiger partial charge is 0.324 e. The molecular formula is C23H27N3O3. The number of carbonyl (C=O) groups excluding carboxylic acids is 3. The molecule has 4 amide bonds. The number of carbonyl (C=O) groups is 3. The van der Waals surface area contributed by atoms with Crippen LogP contribution in [-0.2, 0) is 17.8 Å². The molecule has 1 unspecified atom stereocenters. The molecule has 1 fully saturated rings. The number of rotatable bonds is 7. The number of amides is 4. The molecule has 1 saturated heterocycles. The summed E-state index contributed by atoms with van der Waals surface area (Å²) >= 11 is 0. The van der Waals surface area contributed by atoms with Crippen molar-refractivity contribution in [3.8, 4) is 0 Å². The van der Waals surface area contributed by atoms with Crippen LogP contribution in [0.4, 0.5) is 4.79 Å². The second-order valence-corrected chi connectivity index (χ2v) is 7.63. The molecule has 1 aliphatic heterocycles. The summed E-state index contributed by atoms with van der Waals surface area (Å²) in [6.45, 7) is 6.52. The first-order valence-electron chi connectivity index (χ1n) is 9.96. The maximum Gasteiger partial charge on any atom is 0.324 e. The molecule has 2 aromatic carbocycles. The van der Waals surface area contributed by atoms with Gasteiger partial charge in [-0.2, -0.15) is 0 Å². The van der Waals surface area contributed by atoms with Crippen molar-refractivity contribution in [2.75, 3.05) is 6.54 Å². The van der Waals surface area contributed by atoms with Gasteiger partial charge < -0.3 is 10.6 Å². The van der Waals surface area contributed by atoms with E-state index in [1.54, 1.807) is 24.3 Å². The molecule has 152 valence electrons. The summed E-state index contributed by atoms with van der Waals surface area (Å²) in [5.74, 6) is -0.152. The van der Waals surface area contributed by atoms with E-state index in [2.05, 4.69) is 55.7 Å². The van der Waals surface area contributed by atoms with Gasteiger partial charge in [-0.15, -0.1) is 0 Å². The fourth-order valence-corrected chi connectivity index (χ4v) is 3.38. The molecular weight excluding hydrogens is 366 g/mol. The topological polar surface area (TPSA) is 78.5 Å². The minimum atomic E-state index is -0.384. The zero-order valence-corrected chi connectivity index (χ0v) is 17.1. The van der Waals surface area contributed by atoms with E-state index in [-0.39, 0.29) is 42.9 Å². The molecule has 0 saturated carbocycles. The van der Waals surface area contributed by atoms with E-state index < -0.39 is 0 Å². The van der Waals surface area contributed by atoms with Crippen LogP contribution in [0.3, 0.4) is 0 Å². The van der Waals surface area contributed by atoms with Crippen LogP contribution in [0, 0.1) is 5.92 Å². The maximum absolute atomic E-state index is 12.8. The Labute approximate surface area is 171 Å². The van der Waals surface area contributed by atoms with Gasteiger partial charge in [-0.05, 0) is 41.2 Å². The molecule has 0 aromatic heterocycles. The highest BCUT2D eigenvalue weighted by atomic mass is 16.2. The Bertz CT molecular complexity index is 873. The maximum atomic E-state index is 12.8. The zero-order chi connectivity index (χ0) is 21.0. The molecule has 1 heterocycles. The quantitative estimate of drug-likeness (QED) is 0.708. The number of hydrogen-bond acceptors (Lipinski definition) is 3. The molecule has 3 rings (SSSR count). The fourth-order valence-electron chi connectivity index (χ4n) is 3.38. The van der Waals surface area contributed by atoms with Gasteiger partial charge in [-0.3, -0.25) is 14.5 Å². The highest BCUT2D eigenvalue weighted by Crippen LogP contribution is 2.23. The van der Waals surface area contributed by atoms with Crippen molar-refractivity contribution in [2.45, 2.75) is 39.8 Å². The van der Waals surface area contributed by atoms with Crippen LogP contribution < -0.4 is 10.6 Å². The van der Waals surface area contributed by atoms with E-state index in [1.807, 2.05) is 0 Å². The Morgan fingerprint density at radius 2 is 1.66 bits per heavy atom. The number of hydrogen-bond donors (Lipinski definition) is 2. The van der Waals surface area contributed by atoms with Gasteiger partial charge in [0.2, 0.25) is 5.91 Å². The molecule has 6 nitrogen and oxygen atoms in total. The van der Waals surface area contributed by atoms with Gasteiger partial charge in [0.1, 0.15) is 0 Å². The van der Waals surface area contributed by atoms with Gasteiger partial charge in [0, 0.05) is 5.56 Å². The summed E-state index contributed by atoms with van der Waals surface area (Å²) in [5, 5.41) is 5.62. The van der Waals surface area contributed by atoms with Gasteiger partial charge >= 0.3 is 6.03 Å². The fraction of sp³-hybridized carbons (Fsp3) is 0.348. The number of nitrogens with one attached hydrogen (secondary N) is 2. The molecule has 6 heteroatoms. The van der Waals surface area contributed by atoms with Crippen molar-refractivity contribution in [3.63, 3.8) is 0 Å². The lowest BCUT2D eigenvalue weighted by Gasteiger charge is -2.23. The number of aryl methyl sites for hydroxylation is 1. The molecule has 2 aromatic rings. The van der Waals surface area contributed by atoms with E-state index in [9.17, 15) is 14.4 Å². The van der Waals surface area contributed by atoms with E-state index in [1.165, 1.54) is 10.5 Å². The highest BCUT2D eigenvalue weighted by molar-refractivity contribution is 6.01. The van der Waals surface area contributed by atoms with E-state index >= 15 is 0 Å². The minimum Gasteiger partial charge on any atom is -0.345 e. The molecule has 1 aliphatic rings. The van der Waals surface area contributed by atoms with Crippen molar-refractivity contribution < 1.29 is 14.4 Å². The number of benzene rings is 2. The third-order valence-electron chi connectivity index (χ3n) is 5.19. The molecule has 29 heavy (non-hydrogen) atoms. The van der Waals surface area contributed by atoms with Crippen molar-refractivity contribution in [3.05, 3.63) is 70.8 Å². The molecule has 1 atom stereocenters. The first kappa shape index (κ1) is 20.6. The Hall–Kier alpha value is -3.15. The van der Waals surface area contributed by atoms with Crippen LogP contribution in [0.2, 0.25) is 0 Å². The number of nitrogens with zero attached hydrogens (tertiary/aromatic N) is 1. The largest absolute Gasteiger partial charge is 0.345 e. The lowest BCUT2D eigenvalue weighted by atomic mass is 9.94. The second-order valence-electron chi connectivity index (χ2n) is 7.63. The Morgan fingerprint density at radius 1 is 1.03 bits per heavy atom. The minimum absolute atomic E-state index is 0.0369. The van der Waals surface area contributed by atoms with Crippen LogP contribution in [0.1, 0.15) is 53.9 Å². The third kappa shape index (κ3) is 4.83. The van der Waals surface area contributed by atoms with E-state index in [0.29, 0.717) is 5.56 Å². The van der Waals surface area contributed by atoms with E-state index in [0.717, 1.165) is 17.5 Å². The third-order valence-corrected chi connectivity index (χ3v) is 5.19. The monoisotopic (exact) mass is 393 g/mol. The van der Waals surface area contributed by atoms with Crippen LogP contribution in [0.5, 0.6) is 0 Å². The predicted octanol–water partition coefficient (Wildman–Crippen LogP) is 3.43. The van der Waals surface area contributed by atoms with Crippen LogP contribution >= 0.6 is 0 Å². The van der Waals surface area contributed by atoms with Crippen molar-refractivity contribution in [1.29, 1.82) is 0 Å². The van der Waals surface area contributed by atoms with Gasteiger partial charge in [0.25, 0.3) is 5.91 Å². The van der Waals surface area contributed by atoms with E-state index in [4.69, 9.17) is 0 Å². The lowest BCUT2D eigenvalue weighted by Crippen LogP contribution is -2.32. The average molecular weight is 393 g/mol. The first-order chi connectivity index (χ1) is 13.9. The SMILES string of the molecule is CCc1ccc(C(NC(=O)c2ccc(CN3C(=O)CNC3=O)cc2)C(C)C)cc1. The van der Waals surface area contributed by atoms with Crippen LogP contribution in [0.25, 0.3) is 0 Å².